The van der Waals surface area contributed by atoms with Crippen molar-refractivity contribution in [1.29, 1.82) is 0 Å². The van der Waals surface area contributed by atoms with Gasteiger partial charge in [0.05, 0.1) is 17.8 Å². The van der Waals surface area contributed by atoms with Crippen LogP contribution < -0.4 is 14.5 Å². The van der Waals surface area contributed by atoms with E-state index in [9.17, 15) is 4.79 Å². The molecule has 1 unspecified atom stereocenters. The van der Waals surface area contributed by atoms with Crippen LogP contribution >= 0.6 is 0 Å². The second-order valence-corrected chi connectivity index (χ2v) is 10.9. The topological polar surface area (TPSA) is 82.3 Å². The third-order valence-corrected chi connectivity index (χ3v) is 8.28. The number of anilines is 2. The number of likely N-dealkylation sites (N-methyl/N-ethyl adjacent to an activating group) is 3. The first-order chi connectivity index (χ1) is 19.9. The van der Waals surface area contributed by atoms with E-state index in [4.69, 9.17) is 21.3 Å². The van der Waals surface area contributed by atoms with Gasteiger partial charge >= 0.3 is 6.01 Å². The van der Waals surface area contributed by atoms with Crippen molar-refractivity contribution in [3.63, 3.8) is 0 Å². The van der Waals surface area contributed by atoms with Crippen LogP contribution in [-0.4, -0.2) is 96.7 Å². The van der Waals surface area contributed by atoms with Gasteiger partial charge in [-0.1, -0.05) is 24.8 Å². The molecule has 0 aliphatic carbocycles. The van der Waals surface area contributed by atoms with Crippen molar-refractivity contribution in [3.05, 3.63) is 71.9 Å². The van der Waals surface area contributed by atoms with Crippen LogP contribution in [0.4, 0.5) is 11.5 Å². The summed E-state index contributed by atoms with van der Waals surface area (Å²) in [5, 5.41) is 1.11. The van der Waals surface area contributed by atoms with Gasteiger partial charge in [-0.3, -0.25) is 9.78 Å². The lowest BCUT2D eigenvalue weighted by Gasteiger charge is -2.34. The maximum absolute atomic E-state index is 12.4. The van der Waals surface area contributed by atoms with Crippen LogP contribution in [0.2, 0.25) is 0 Å². The fourth-order valence-electron chi connectivity index (χ4n) is 5.83. The number of carbonyl (C=O) groups is 1. The van der Waals surface area contributed by atoms with E-state index in [0.29, 0.717) is 31.7 Å². The second-order valence-electron chi connectivity index (χ2n) is 10.9. The number of likely N-dealkylation sites (tertiary alicyclic amines) is 1. The first-order valence-corrected chi connectivity index (χ1v) is 14.1. The molecule has 2 aromatic heterocycles. The van der Waals surface area contributed by atoms with Gasteiger partial charge in [0.2, 0.25) is 12.5 Å². The summed E-state index contributed by atoms with van der Waals surface area (Å²) in [5.74, 6) is 0.583. The van der Waals surface area contributed by atoms with E-state index in [0.717, 1.165) is 66.0 Å². The molecule has 1 saturated heterocycles. The van der Waals surface area contributed by atoms with Gasteiger partial charge in [0.1, 0.15) is 18.5 Å². The molecule has 2 aliphatic heterocycles. The zero-order valence-corrected chi connectivity index (χ0v) is 24.2. The van der Waals surface area contributed by atoms with E-state index in [-0.39, 0.29) is 18.5 Å². The number of fused-ring (bicyclic) bond motifs is 2. The fraction of sp³-hybridized carbons (Fsp3) is 0.452. The summed E-state index contributed by atoms with van der Waals surface area (Å²) >= 11 is 0. The van der Waals surface area contributed by atoms with Gasteiger partial charge in [-0.15, -0.1) is 0 Å². The standard InChI is InChI=1S/C31H38N8O2/c1-6-29(40)38(5)23(18-32-2)19-37(4)30-25-14-17-39(28-13-15-33-26-12-8-7-11-24(26)28)20-27(25)34-31(35-30)41-21-22-10-9-16-36(22)3/h6-8,11-13,15,22-23H,1,9-10,14,16-21H2,3-5H3/t22-,23?/m0/s1. The van der Waals surface area contributed by atoms with Gasteiger partial charge in [-0.2, -0.15) is 9.97 Å². The Labute approximate surface area is 242 Å². The number of rotatable bonds is 10. The molecule has 41 heavy (non-hydrogen) atoms. The highest BCUT2D eigenvalue weighted by Crippen LogP contribution is 2.33. The molecule has 0 saturated carbocycles. The molecule has 10 heteroatoms. The number of amides is 1. The van der Waals surface area contributed by atoms with Crippen molar-refractivity contribution in [2.45, 2.75) is 37.9 Å². The number of pyridine rings is 1. The number of aromatic nitrogens is 3. The molecular weight excluding hydrogens is 516 g/mol. The Balaban J connectivity index is 1.46. The predicted octanol–water partition coefficient (Wildman–Crippen LogP) is 3.43. The molecule has 3 aromatic rings. The summed E-state index contributed by atoms with van der Waals surface area (Å²) in [5.41, 5.74) is 4.10. The monoisotopic (exact) mass is 554 g/mol. The number of ether oxygens (including phenoxy) is 1. The Morgan fingerprint density at radius 3 is 2.85 bits per heavy atom. The lowest BCUT2D eigenvalue weighted by Crippen LogP contribution is -2.45. The molecule has 10 nitrogen and oxygen atoms in total. The number of hydrogen-bond acceptors (Lipinski definition) is 8. The molecule has 1 fully saturated rings. The highest BCUT2D eigenvalue weighted by molar-refractivity contribution is 5.91. The van der Waals surface area contributed by atoms with E-state index in [2.05, 4.69) is 45.4 Å². The number of carbonyl (C=O) groups excluding carboxylic acids is 1. The summed E-state index contributed by atoms with van der Waals surface area (Å²) in [6.07, 6.45) is 6.16. The van der Waals surface area contributed by atoms with Crippen LogP contribution in [0.1, 0.15) is 24.1 Å². The SMILES string of the molecule is [C-]#[N+]CC(CN(C)c1nc(OC[C@@H]2CCCN2C)nc2c1CCN(c1ccnc3ccccc13)C2)N(C)C(=O)C=C. The Kier molecular flexibility index (Phi) is 8.64. The molecule has 0 bridgehead atoms. The fourth-order valence-corrected chi connectivity index (χ4v) is 5.83. The van der Waals surface area contributed by atoms with Crippen LogP contribution in [0.5, 0.6) is 6.01 Å². The maximum Gasteiger partial charge on any atom is 0.318 e. The molecule has 1 amide bonds. The van der Waals surface area contributed by atoms with Gasteiger partial charge in [-0.05, 0) is 51.1 Å². The van der Waals surface area contributed by atoms with Gasteiger partial charge in [-0.25, -0.2) is 6.57 Å². The Morgan fingerprint density at radius 2 is 2.10 bits per heavy atom. The smallest absolute Gasteiger partial charge is 0.318 e. The lowest BCUT2D eigenvalue weighted by molar-refractivity contribution is -0.126. The maximum atomic E-state index is 12.4. The first kappa shape index (κ1) is 28.3. The number of hydrogen-bond donors (Lipinski definition) is 0. The molecule has 1 aromatic carbocycles. The second kappa shape index (κ2) is 12.5. The van der Waals surface area contributed by atoms with E-state index in [1.165, 1.54) is 6.08 Å². The highest BCUT2D eigenvalue weighted by Gasteiger charge is 2.29. The predicted molar refractivity (Wildman–Crippen MR) is 161 cm³/mol. The van der Waals surface area contributed by atoms with Crippen molar-refractivity contribution in [1.82, 2.24) is 24.8 Å². The zero-order chi connectivity index (χ0) is 28.9. The number of nitrogens with zero attached hydrogens (tertiary/aromatic N) is 8. The van der Waals surface area contributed by atoms with E-state index < -0.39 is 0 Å². The molecule has 2 aliphatic rings. The normalized spacial score (nSPS) is 17.5. The third-order valence-electron chi connectivity index (χ3n) is 8.28. The van der Waals surface area contributed by atoms with Gasteiger partial charge in [0, 0.05) is 56.1 Å². The summed E-state index contributed by atoms with van der Waals surface area (Å²) in [6, 6.07) is 10.7. The van der Waals surface area contributed by atoms with Crippen molar-refractivity contribution >= 4 is 28.3 Å². The summed E-state index contributed by atoms with van der Waals surface area (Å²) in [4.78, 5) is 38.6. The minimum atomic E-state index is -0.312. The summed E-state index contributed by atoms with van der Waals surface area (Å²) in [6.45, 7) is 14.7. The van der Waals surface area contributed by atoms with Gasteiger partial charge in [0.15, 0.2) is 0 Å². The van der Waals surface area contributed by atoms with Gasteiger partial charge < -0.3 is 29.2 Å². The molecule has 2 atom stereocenters. The minimum Gasteiger partial charge on any atom is -0.462 e. The average Bonchev–Trinajstić information content (AvgIpc) is 3.42. The van der Waals surface area contributed by atoms with E-state index >= 15 is 0 Å². The van der Waals surface area contributed by atoms with Crippen molar-refractivity contribution in [3.8, 4) is 6.01 Å². The van der Waals surface area contributed by atoms with Crippen LogP contribution in [-0.2, 0) is 17.8 Å². The van der Waals surface area contributed by atoms with Crippen LogP contribution in [0, 0.1) is 6.57 Å². The zero-order valence-electron chi connectivity index (χ0n) is 24.2. The third kappa shape index (κ3) is 6.10. The molecule has 214 valence electrons. The number of para-hydroxylation sites is 1. The van der Waals surface area contributed by atoms with Gasteiger partial charge in [0.25, 0.3) is 0 Å². The number of benzene rings is 1. The van der Waals surface area contributed by atoms with Crippen molar-refractivity contribution in [2.75, 3.05) is 63.7 Å². The van der Waals surface area contributed by atoms with Crippen LogP contribution in [0.3, 0.4) is 0 Å². The average molecular weight is 555 g/mol. The summed E-state index contributed by atoms with van der Waals surface area (Å²) in [7, 11) is 5.80. The Morgan fingerprint density at radius 1 is 1.27 bits per heavy atom. The minimum absolute atomic E-state index is 0.188. The van der Waals surface area contributed by atoms with Crippen molar-refractivity contribution < 1.29 is 9.53 Å². The Bertz CT molecular complexity index is 1450. The largest absolute Gasteiger partial charge is 0.462 e. The first-order valence-electron chi connectivity index (χ1n) is 14.1. The van der Waals surface area contributed by atoms with Crippen LogP contribution in [0.15, 0.2) is 49.2 Å². The highest BCUT2D eigenvalue weighted by atomic mass is 16.5. The molecule has 0 radical (unpaired) electrons. The molecule has 4 heterocycles. The van der Waals surface area contributed by atoms with E-state index in [1.54, 1.807) is 11.9 Å². The molecular formula is C31H38N8O2. The lowest BCUT2D eigenvalue weighted by atomic mass is 10.0. The van der Waals surface area contributed by atoms with Crippen molar-refractivity contribution in [2.24, 2.45) is 0 Å². The summed E-state index contributed by atoms with van der Waals surface area (Å²) < 4.78 is 6.24. The molecule has 0 N–H and O–H groups in total. The Hall–Kier alpha value is -4.23. The molecule has 5 rings (SSSR count). The quantitative estimate of drug-likeness (QED) is 0.279. The molecule has 0 spiro atoms. The van der Waals surface area contributed by atoms with Crippen LogP contribution in [0.25, 0.3) is 15.7 Å². The van der Waals surface area contributed by atoms with E-state index in [1.807, 2.05) is 36.3 Å².